The lowest BCUT2D eigenvalue weighted by molar-refractivity contribution is 0.0791. The third kappa shape index (κ3) is 4.32. The van der Waals surface area contributed by atoms with Crippen molar-refractivity contribution in [2.45, 2.75) is 13.0 Å². The molecule has 0 aromatic heterocycles. The molecule has 1 aromatic rings. The molecule has 0 spiro atoms. The smallest absolute Gasteiger partial charge is 0.138 e. The molecule has 0 bridgehead atoms. The maximum absolute atomic E-state index is 13.4. The van der Waals surface area contributed by atoms with Gasteiger partial charge in [-0.3, -0.25) is 0 Å². The van der Waals surface area contributed by atoms with Crippen molar-refractivity contribution in [2.24, 2.45) is 5.92 Å². The van der Waals surface area contributed by atoms with E-state index in [4.69, 9.17) is 14.6 Å². The number of rotatable bonds is 4. The van der Waals surface area contributed by atoms with Crippen LogP contribution in [0.2, 0.25) is 0 Å². The van der Waals surface area contributed by atoms with E-state index >= 15 is 0 Å². The van der Waals surface area contributed by atoms with Crippen LogP contribution in [0.5, 0.6) is 0 Å². The number of hydrogen-bond donors (Lipinski definition) is 1. The third-order valence-electron chi connectivity index (χ3n) is 2.98. The minimum Gasteiger partial charge on any atom is -0.384 e. The molecule has 1 N–H and O–H groups in total. The van der Waals surface area contributed by atoms with Gasteiger partial charge in [0, 0.05) is 12.5 Å². The Bertz CT molecular complexity index is 470. The largest absolute Gasteiger partial charge is 0.384 e. The zero-order valence-electron chi connectivity index (χ0n) is 10.7. The Morgan fingerprint density at radius 1 is 1.47 bits per heavy atom. The van der Waals surface area contributed by atoms with Crippen molar-refractivity contribution in [1.29, 1.82) is 0 Å². The zero-order chi connectivity index (χ0) is 13.5. The zero-order valence-corrected chi connectivity index (χ0v) is 10.7. The van der Waals surface area contributed by atoms with Crippen LogP contribution in [0, 0.1) is 23.6 Å². The molecule has 3 nitrogen and oxygen atoms in total. The van der Waals surface area contributed by atoms with Gasteiger partial charge in [-0.1, -0.05) is 17.9 Å². The predicted octanol–water partition coefficient (Wildman–Crippen LogP) is 1.72. The Labute approximate surface area is 112 Å². The van der Waals surface area contributed by atoms with Crippen molar-refractivity contribution in [3.63, 3.8) is 0 Å². The average Bonchev–Trinajstić information content (AvgIpc) is 2.92. The SMILES string of the molecule is OCC#Cc1cc(COCC2CCOC2)ccc1F. The first kappa shape index (κ1) is 14.0. The summed E-state index contributed by atoms with van der Waals surface area (Å²) in [6.45, 7) is 2.39. The van der Waals surface area contributed by atoms with E-state index < -0.39 is 0 Å². The molecule has 1 fully saturated rings. The van der Waals surface area contributed by atoms with Crippen LogP contribution in [-0.4, -0.2) is 31.5 Å². The minimum atomic E-state index is -0.381. The molecule has 1 atom stereocenters. The molecule has 0 aliphatic carbocycles. The van der Waals surface area contributed by atoms with Crippen LogP contribution in [0.3, 0.4) is 0 Å². The molecular formula is C15H17FO3. The van der Waals surface area contributed by atoms with E-state index in [1.807, 2.05) is 0 Å². The summed E-state index contributed by atoms with van der Waals surface area (Å²) in [6.07, 6.45) is 1.04. The summed E-state index contributed by atoms with van der Waals surface area (Å²) in [5, 5.41) is 8.62. The van der Waals surface area contributed by atoms with Crippen LogP contribution < -0.4 is 0 Å². The summed E-state index contributed by atoms with van der Waals surface area (Å²) < 4.78 is 24.3. The monoisotopic (exact) mass is 264 g/mol. The molecular weight excluding hydrogens is 247 g/mol. The summed E-state index contributed by atoms with van der Waals surface area (Å²) in [7, 11) is 0. The standard InChI is InChI=1S/C15H17FO3/c16-15-4-3-12(8-14(15)2-1-6-17)9-19-11-13-5-7-18-10-13/h3-4,8,13,17H,5-7,9-11H2. The Balaban J connectivity index is 1.89. The molecule has 1 aromatic carbocycles. The van der Waals surface area contributed by atoms with Gasteiger partial charge in [-0.25, -0.2) is 4.39 Å². The molecule has 1 unspecified atom stereocenters. The van der Waals surface area contributed by atoms with Crippen LogP contribution in [-0.2, 0) is 16.1 Å². The van der Waals surface area contributed by atoms with E-state index in [-0.39, 0.29) is 12.4 Å². The predicted molar refractivity (Wildman–Crippen MR) is 68.9 cm³/mol. The molecule has 1 aliphatic heterocycles. The highest BCUT2D eigenvalue weighted by Gasteiger charge is 2.15. The quantitative estimate of drug-likeness (QED) is 0.842. The summed E-state index contributed by atoms with van der Waals surface area (Å²) in [6, 6.07) is 4.71. The van der Waals surface area contributed by atoms with Gasteiger partial charge in [-0.05, 0) is 24.1 Å². The number of benzene rings is 1. The summed E-state index contributed by atoms with van der Waals surface area (Å²) in [5.41, 5.74) is 1.17. The summed E-state index contributed by atoms with van der Waals surface area (Å²) >= 11 is 0. The van der Waals surface area contributed by atoms with E-state index in [1.165, 1.54) is 6.07 Å². The van der Waals surface area contributed by atoms with Gasteiger partial charge in [-0.15, -0.1) is 0 Å². The number of halogens is 1. The van der Waals surface area contributed by atoms with E-state index in [0.29, 0.717) is 24.7 Å². The lowest BCUT2D eigenvalue weighted by Crippen LogP contribution is -2.09. The van der Waals surface area contributed by atoms with Gasteiger partial charge < -0.3 is 14.6 Å². The molecule has 4 heteroatoms. The Hall–Kier alpha value is -1.41. The first-order valence-corrected chi connectivity index (χ1v) is 6.33. The lowest BCUT2D eigenvalue weighted by Gasteiger charge is -2.09. The molecule has 1 aliphatic rings. The summed E-state index contributed by atoms with van der Waals surface area (Å²) in [4.78, 5) is 0. The molecule has 0 amide bonds. The van der Waals surface area contributed by atoms with Gasteiger partial charge in [0.25, 0.3) is 0 Å². The molecule has 1 heterocycles. The fourth-order valence-electron chi connectivity index (χ4n) is 1.95. The highest BCUT2D eigenvalue weighted by Crippen LogP contribution is 2.14. The summed E-state index contributed by atoms with van der Waals surface area (Å²) in [5.74, 6) is 5.11. The normalized spacial score (nSPS) is 18.1. The van der Waals surface area contributed by atoms with Gasteiger partial charge in [-0.2, -0.15) is 0 Å². The molecule has 0 saturated carbocycles. The van der Waals surface area contributed by atoms with Crippen molar-refractivity contribution in [3.8, 4) is 11.8 Å². The fourth-order valence-corrected chi connectivity index (χ4v) is 1.95. The second-order valence-corrected chi connectivity index (χ2v) is 4.52. The van der Waals surface area contributed by atoms with Gasteiger partial charge in [0.1, 0.15) is 12.4 Å². The molecule has 19 heavy (non-hydrogen) atoms. The second kappa shape index (κ2) is 7.25. The Kier molecular flexibility index (Phi) is 5.34. The fraction of sp³-hybridized carbons (Fsp3) is 0.467. The van der Waals surface area contributed by atoms with Crippen molar-refractivity contribution in [1.82, 2.24) is 0 Å². The van der Waals surface area contributed by atoms with Crippen molar-refractivity contribution < 1.29 is 19.0 Å². The van der Waals surface area contributed by atoms with Crippen LogP contribution in [0.15, 0.2) is 18.2 Å². The first-order valence-electron chi connectivity index (χ1n) is 6.33. The molecule has 0 radical (unpaired) electrons. The van der Waals surface area contributed by atoms with E-state index in [9.17, 15) is 4.39 Å². The number of hydrogen-bond acceptors (Lipinski definition) is 3. The van der Waals surface area contributed by atoms with Crippen LogP contribution >= 0.6 is 0 Å². The van der Waals surface area contributed by atoms with Gasteiger partial charge >= 0.3 is 0 Å². The minimum absolute atomic E-state index is 0.276. The number of aliphatic hydroxyl groups is 1. The van der Waals surface area contributed by atoms with Gasteiger partial charge in [0.2, 0.25) is 0 Å². The number of aliphatic hydroxyl groups excluding tert-OH is 1. The lowest BCUT2D eigenvalue weighted by atomic mass is 10.1. The van der Waals surface area contributed by atoms with E-state index in [2.05, 4.69) is 11.8 Å². The van der Waals surface area contributed by atoms with E-state index in [1.54, 1.807) is 12.1 Å². The van der Waals surface area contributed by atoms with Crippen molar-refractivity contribution >= 4 is 0 Å². The second-order valence-electron chi connectivity index (χ2n) is 4.52. The van der Waals surface area contributed by atoms with Crippen molar-refractivity contribution in [3.05, 3.63) is 35.1 Å². The van der Waals surface area contributed by atoms with E-state index in [0.717, 1.165) is 25.2 Å². The van der Waals surface area contributed by atoms with Crippen LogP contribution in [0.4, 0.5) is 4.39 Å². The highest BCUT2D eigenvalue weighted by atomic mass is 19.1. The first-order chi connectivity index (χ1) is 9.29. The third-order valence-corrected chi connectivity index (χ3v) is 2.98. The molecule has 102 valence electrons. The molecule has 2 rings (SSSR count). The van der Waals surface area contributed by atoms with Crippen LogP contribution in [0.25, 0.3) is 0 Å². The topological polar surface area (TPSA) is 38.7 Å². The Morgan fingerprint density at radius 2 is 2.37 bits per heavy atom. The Morgan fingerprint density at radius 3 is 3.11 bits per heavy atom. The van der Waals surface area contributed by atoms with Gasteiger partial charge in [0.15, 0.2) is 0 Å². The van der Waals surface area contributed by atoms with Crippen molar-refractivity contribution in [2.75, 3.05) is 26.4 Å². The average molecular weight is 264 g/mol. The maximum atomic E-state index is 13.4. The van der Waals surface area contributed by atoms with Crippen LogP contribution in [0.1, 0.15) is 17.5 Å². The molecule has 1 saturated heterocycles. The van der Waals surface area contributed by atoms with Gasteiger partial charge in [0.05, 0.1) is 25.4 Å². The highest BCUT2D eigenvalue weighted by molar-refractivity contribution is 5.38. The maximum Gasteiger partial charge on any atom is 0.138 e. The number of ether oxygens (including phenoxy) is 2.